The maximum absolute atomic E-state index is 6.05. The highest BCUT2D eigenvalue weighted by molar-refractivity contribution is 6.31. The third-order valence-corrected chi connectivity index (χ3v) is 3.91. The van der Waals surface area contributed by atoms with Crippen molar-refractivity contribution in [3.05, 3.63) is 22.8 Å². The molecule has 2 aliphatic carbocycles. The minimum Gasteiger partial charge on any atom is -0.353 e. The number of halogens is 1. The van der Waals surface area contributed by atoms with E-state index >= 15 is 0 Å². The monoisotopic (exact) mass is 251 g/mol. The molecule has 4 heteroatoms. The molecular formula is C13H18ClN3. The molecule has 0 amide bonds. The molecule has 2 fully saturated rings. The van der Waals surface area contributed by atoms with Gasteiger partial charge in [-0.1, -0.05) is 11.6 Å². The summed E-state index contributed by atoms with van der Waals surface area (Å²) >= 11 is 6.05. The van der Waals surface area contributed by atoms with Gasteiger partial charge in [0.15, 0.2) is 0 Å². The van der Waals surface area contributed by atoms with Crippen molar-refractivity contribution in [3.8, 4) is 0 Å². The molecule has 3 nitrogen and oxygen atoms in total. The zero-order valence-corrected chi connectivity index (χ0v) is 10.7. The van der Waals surface area contributed by atoms with Crippen molar-refractivity contribution >= 4 is 17.4 Å². The standard InChI is InChI=1S/C13H18ClN3/c14-12-7-16-13(5-10(12)6-15)17(11-3-4-11)8-9-1-2-9/h5,7,9,11H,1-4,6,8,15H2. The first-order valence-electron chi connectivity index (χ1n) is 6.39. The number of hydrogen-bond donors (Lipinski definition) is 1. The van der Waals surface area contributed by atoms with Crippen LogP contribution in [0.5, 0.6) is 0 Å². The van der Waals surface area contributed by atoms with Gasteiger partial charge in [-0.3, -0.25) is 0 Å². The highest BCUT2D eigenvalue weighted by Gasteiger charge is 2.34. The van der Waals surface area contributed by atoms with Crippen LogP contribution in [0.15, 0.2) is 12.3 Å². The van der Waals surface area contributed by atoms with Crippen molar-refractivity contribution in [1.82, 2.24) is 4.98 Å². The van der Waals surface area contributed by atoms with Crippen LogP contribution in [0.25, 0.3) is 0 Å². The molecule has 2 aliphatic rings. The first-order valence-corrected chi connectivity index (χ1v) is 6.77. The smallest absolute Gasteiger partial charge is 0.129 e. The van der Waals surface area contributed by atoms with Crippen LogP contribution >= 0.6 is 11.6 Å². The second kappa shape index (κ2) is 4.46. The van der Waals surface area contributed by atoms with E-state index in [0.29, 0.717) is 17.6 Å². The molecule has 92 valence electrons. The third kappa shape index (κ3) is 2.55. The van der Waals surface area contributed by atoms with E-state index in [4.69, 9.17) is 17.3 Å². The Hall–Kier alpha value is -0.800. The number of aromatic nitrogens is 1. The second-order valence-electron chi connectivity index (χ2n) is 5.16. The van der Waals surface area contributed by atoms with Crippen molar-refractivity contribution in [2.45, 2.75) is 38.3 Å². The molecule has 0 bridgehead atoms. The minimum atomic E-state index is 0.482. The minimum absolute atomic E-state index is 0.482. The van der Waals surface area contributed by atoms with Gasteiger partial charge in [0.25, 0.3) is 0 Å². The summed E-state index contributed by atoms with van der Waals surface area (Å²) in [6, 6.07) is 2.76. The molecule has 0 saturated heterocycles. The van der Waals surface area contributed by atoms with E-state index in [-0.39, 0.29) is 0 Å². The molecule has 2 N–H and O–H groups in total. The number of pyridine rings is 1. The van der Waals surface area contributed by atoms with Gasteiger partial charge >= 0.3 is 0 Å². The average Bonchev–Trinajstić information content (AvgIpc) is 3.19. The molecule has 0 aromatic carbocycles. The Bertz CT molecular complexity index is 413. The zero-order valence-electron chi connectivity index (χ0n) is 9.90. The van der Waals surface area contributed by atoms with Crippen LogP contribution in [0.4, 0.5) is 5.82 Å². The Kier molecular flexibility index (Phi) is 2.97. The van der Waals surface area contributed by atoms with Gasteiger partial charge in [-0.25, -0.2) is 4.98 Å². The normalized spacial score (nSPS) is 19.4. The lowest BCUT2D eigenvalue weighted by molar-refractivity contribution is 0.708. The van der Waals surface area contributed by atoms with Crippen LogP contribution in [-0.2, 0) is 6.54 Å². The van der Waals surface area contributed by atoms with E-state index in [0.717, 1.165) is 23.8 Å². The summed E-state index contributed by atoms with van der Waals surface area (Å²) in [4.78, 5) is 6.92. The van der Waals surface area contributed by atoms with Crippen LogP contribution in [-0.4, -0.2) is 17.6 Å². The highest BCUT2D eigenvalue weighted by Crippen LogP contribution is 2.37. The Balaban J connectivity index is 1.83. The van der Waals surface area contributed by atoms with Gasteiger partial charge in [-0.15, -0.1) is 0 Å². The van der Waals surface area contributed by atoms with Crippen LogP contribution in [0.3, 0.4) is 0 Å². The zero-order chi connectivity index (χ0) is 11.8. The summed E-state index contributed by atoms with van der Waals surface area (Å²) in [7, 11) is 0. The van der Waals surface area contributed by atoms with Crippen LogP contribution in [0.1, 0.15) is 31.2 Å². The van der Waals surface area contributed by atoms with Crippen LogP contribution in [0, 0.1) is 5.92 Å². The molecule has 1 aromatic rings. The summed E-state index contributed by atoms with van der Waals surface area (Å²) in [5.41, 5.74) is 6.69. The molecule has 3 rings (SSSR count). The van der Waals surface area contributed by atoms with Gasteiger partial charge in [0.1, 0.15) is 5.82 Å². The van der Waals surface area contributed by atoms with Gasteiger partial charge in [0.05, 0.1) is 5.02 Å². The fourth-order valence-electron chi connectivity index (χ4n) is 2.18. The molecule has 17 heavy (non-hydrogen) atoms. The summed E-state index contributed by atoms with van der Waals surface area (Å²) in [6.45, 7) is 1.64. The highest BCUT2D eigenvalue weighted by atomic mass is 35.5. The van der Waals surface area contributed by atoms with Crippen molar-refractivity contribution in [2.75, 3.05) is 11.4 Å². The molecule has 0 aliphatic heterocycles. The van der Waals surface area contributed by atoms with Crippen LogP contribution in [0.2, 0.25) is 5.02 Å². The summed E-state index contributed by atoms with van der Waals surface area (Å²) < 4.78 is 0. The van der Waals surface area contributed by atoms with Crippen molar-refractivity contribution < 1.29 is 0 Å². The van der Waals surface area contributed by atoms with Gasteiger partial charge in [0, 0.05) is 25.3 Å². The summed E-state index contributed by atoms with van der Waals surface area (Å²) in [5, 5.41) is 0.679. The average molecular weight is 252 g/mol. The second-order valence-corrected chi connectivity index (χ2v) is 5.57. The summed E-state index contributed by atoms with van der Waals surface area (Å²) in [5.74, 6) is 1.94. The Morgan fingerprint density at radius 2 is 2.12 bits per heavy atom. The Labute approximate surface area is 107 Å². The number of nitrogens with two attached hydrogens (primary N) is 1. The fourth-order valence-corrected chi connectivity index (χ4v) is 2.36. The van der Waals surface area contributed by atoms with E-state index < -0.39 is 0 Å². The first-order chi connectivity index (χ1) is 8.28. The number of nitrogens with zero attached hydrogens (tertiary/aromatic N) is 2. The van der Waals surface area contributed by atoms with Crippen molar-refractivity contribution in [1.29, 1.82) is 0 Å². The summed E-state index contributed by atoms with van der Waals surface area (Å²) in [6.07, 6.45) is 7.09. The van der Waals surface area contributed by atoms with Gasteiger partial charge in [-0.05, 0) is 43.2 Å². The van der Waals surface area contributed by atoms with Crippen LogP contribution < -0.4 is 10.6 Å². The molecular weight excluding hydrogens is 234 g/mol. The van der Waals surface area contributed by atoms with E-state index in [2.05, 4.69) is 16.0 Å². The number of rotatable bonds is 5. The molecule has 0 unspecified atom stereocenters. The Morgan fingerprint density at radius 3 is 2.71 bits per heavy atom. The topological polar surface area (TPSA) is 42.1 Å². The van der Waals surface area contributed by atoms with Gasteiger partial charge < -0.3 is 10.6 Å². The molecule has 2 saturated carbocycles. The lowest BCUT2D eigenvalue weighted by atomic mass is 10.2. The first kappa shape index (κ1) is 11.3. The quantitative estimate of drug-likeness (QED) is 0.875. The Morgan fingerprint density at radius 1 is 1.35 bits per heavy atom. The number of hydrogen-bond acceptors (Lipinski definition) is 3. The maximum atomic E-state index is 6.05. The fraction of sp³-hybridized carbons (Fsp3) is 0.615. The van der Waals surface area contributed by atoms with E-state index in [1.807, 2.05) is 0 Å². The van der Waals surface area contributed by atoms with E-state index in [1.54, 1.807) is 6.20 Å². The SMILES string of the molecule is NCc1cc(N(CC2CC2)C2CC2)ncc1Cl. The maximum Gasteiger partial charge on any atom is 0.129 e. The third-order valence-electron chi connectivity index (χ3n) is 3.57. The van der Waals surface area contributed by atoms with Gasteiger partial charge in [0.2, 0.25) is 0 Å². The lowest BCUT2D eigenvalue weighted by Gasteiger charge is -2.24. The van der Waals surface area contributed by atoms with Gasteiger partial charge in [-0.2, -0.15) is 0 Å². The van der Waals surface area contributed by atoms with E-state index in [1.165, 1.54) is 25.7 Å². The lowest BCUT2D eigenvalue weighted by Crippen LogP contribution is -2.29. The molecule has 0 spiro atoms. The molecule has 0 atom stereocenters. The largest absolute Gasteiger partial charge is 0.353 e. The molecule has 1 aromatic heterocycles. The predicted molar refractivity (Wildman–Crippen MR) is 70.2 cm³/mol. The number of anilines is 1. The van der Waals surface area contributed by atoms with Crippen molar-refractivity contribution in [3.63, 3.8) is 0 Å². The van der Waals surface area contributed by atoms with Crippen molar-refractivity contribution in [2.24, 2.45) is 11.7 Å². The molecule has 0 radical (unpaired) electrons. The van der Waals surface area contributed by atoms with E-state index in [9.17, 15) is 0 Å². The molecule has 1 heterocycles. The predicted octanol–water partition coefficient (Wildman–Crippen LogP) is 2.57.